The van der Waals surface area contributed by atoms with Crippen molar-refractivity contribution in [1.29, 1.82) is 0 Å². The minimum absolute atomic E-state index is 0.0302. The lowest BCUT2D eigenvalue weighted by atomic mass is 10.2. The van der Waals surface area contributed by atoms with Crippen LogP contribution in [0.3, 0.4) is 0 Å². The smallest absolute Gasteiger partial charge is 0.252 e. The first-order valence-corrected chi connectivity index (χ1v) is 7.36. The Bertz CT molecular complexity index is 596. The molecule has 6 heteroatoms. The number of nitrogens with one attached hydrogen (secondary N) is 1. The number of aliphatic hydroxyl groups is 1. The molecule has 0 saturated heterocycles. The highest BCUT2D eigenvalue weighted by molar-refractivity contribution is 6.30. The largest absolute Gasteiger partial charge is 0.505 e. The van der Waals surface area contributed by atoms with Crippen LogP contribution in [-0.2, 0) is 4.79 Å². The van der Waals surface area contributed by atoms with E-state index < -0.39 is 0 Å². The molecule has 1 aromatic carbocycles. The Morgan fingerprint density at radius 2 is 2.14 bits per heavy atom. The lowest BCUT2D eigenvalue weighted by Gasteiger charge is -2.11. The van der Waals surface area contributed by atoms with Crippen molar-refractivity contribution in [3.05, 3.63) is 52.9 Å². The predicted molar refractivity (Wildman–Crippen MR) is 86.0 cm³/mol. The highest BCUT2D eigenvalue weighted by Gasteiger charge is 2.26. The number of aliphatic hydroxyl groups excluding tert-OH is 1. The standard InChI is InChI=1S/C16H19ClN2O3/c1-11-15(20)14(10-19(11)2)16(21)18-8-3-9-22-13-6-4-12(17)5-7-13/h4-7,20H,1,3,8-10H2,2H3,(H,18,21). The number of benzene rings is 1. The van der Waals surface area contributed by atoms with Crippen LogP contribution in [-0.4, -0.2) is 42.7 Å². The maximum atomic E-state index is 12.0. The van der Waals surface area contributed by atoms with E-state index in [2.05, 4.69) is 11.9 Å². The summed E-state index contributed by atoms with van der Waals surface area (Å²) in [4.78, 5) is 13.7. The quantitative estimate of drug-likeness (QED) is 0.790. The van der Waals surface area contributed by atoms with Crippen molar-refractivity contribution in [2.24, 2.45) is 0 Å². The summed E-state index contributed by atoms with van der Waals surface area (Å²) < 4.78 is 5.53. The van der Waals surface area contributed by atoms with Gasteiger partial charge < -0.3 is 20.1 Å². The molecular weight excluding hydrogens is 304 g/mol. The van der Waals surface area contributed by atoms with Gasteiger partial charge in [-0.3, -0.25) is 4.79 Å². The van der Waals surface area contributed by atoms with Gasteiger partial charge in [0.15, 0.2) is 0 Å². The van der Waals surface area contributed by atoms with Gasteiger partial charge in [-0.25, -0.2) is 0 Å². The molecule has 0 bridgehead atoms. The van der Waals surface area contributed by atoms with Gasteiger partial charge in [0, 0.05) is 18.6 Å². The molecule has 0 atom stereocenters. The van der Waals surface area contributed by atoms with E-state index in [9.17, 15) is 9.90 Å². The van der Waals surface area contributed by atoms with Gasteiger partial charge in [-0.2, -0.15) is 0 Å². The van der Waals surface area contributed by atoms with E-state index in [1.807, 2.05) is 0 Å². The van der Waals surface area contributed by atoms with E-state index in [0.29, 0.717) is 42.4 Å². The van der Waals surface area contributed by atoms with Crippen molar-refractivity contribution in [2.45, 2.75) is 6.42 Å². The van der Waals surface area contributed by atoms with Gasteiger partial charge in [0.25, 0.3) is 5.91 Å². The molecule has 1 heterocycles. The van der Waals surface area contributed by atoms with Gasteiger partial charge in [0.05, 0.1) is 24.4 Å². The number of nitrogens with zero attached hydrogens (tertiary/aromatic N) is 1. The number of carbonyl (C=O) groups is 1. The highest BCUT2D eigenvalue weighted by atomic mass is 35.5. The third kappa shape index (κ3) is 3.95. The highest BCUT2D eigenvalue weighted by Crippen LogP contribution is 2.22. The number of hydrogen-bond donors (Lipinski definition) is 2. The average Bonchev–Trinajstić information content (AvgIpc) is 2.76. The summed E-state index contributed by atoms with van der Waals surface area (Å²) in [6.45, 7) is 5.04. The topological polar surface area (TPSA) is 61.8 Å². The second-order valence-corrected chi connectivity index (χ2v) is 5.48. The van der Waals surface area contributed by atoms with Gasteiger partial charge >= 0.3 is 0 Å². The Kier molecular flexibility index (Phi) is 5.33. The van der Waals surface area contributed by atoms with Crippen LogP contribution in [0.25, 0.3) is 0 Å². The third-order valence-corrected chi connectivity index (χ3v) is 3.63. The molecule has 0 radical (unpaired) electrons. The number of halogens is 1. The molecule has 0 saturated carbocycles. The first-order chi connectivity index (χ1) is 10.5. The van der Waals surface area contributed by atoms with Gasteiger partial charge in [-0.15, -0.1) is 0 Å². The molecule has 0 aliphatic carbocycles. The summed E-state index contributed by atoms with van der Waals surface area (Å²) in [5.74, 6) is 0.441. The number of amides is 1. The molecule has 118 valence electrons. The molecular formula is C16H19ClN2O3. The number of ether oxygens (including phenoxy) is 1. The van der Waals surface area contributed by atoms with Crippen LogP contribution >= 0.6 is 11.6 Å². The third-order valence-electron chi connectivity index (χ3n) is 3.38. The molecule has 0 unspecified atom stereocenters. The maximum absolute atomic E-state index is 12.0. The molecule has 0 aromatic heterocycles. The fourth-order valence-corrected chi connectivity index (χ4v) is 2.17. The lowest BCUT2D eigenvalue weighted by Crippen LogP contribution is -2.29. The summed E-state index contributed by atoms with van der Waals surface area (Å²) >= 11 is 5.79. The van der Waals surface area contributed by atoms with E-state index in [-0.39, 0.29) is 11.7 Å². The lowest BCUT2D eigenvalue weighted by molar-refractivity contribution is -0.117. The zero-order valence-corrected chi connectivity index (χ0v) is 13.2. The molecule has 0 spiro atoms. The van der Waals surface area contributed by atoms with Crippen LogP contribution in [0.2, 0.25) is 5.02 Å². The zero-order chi connectivity index (χ0) is 16.1. The number of likely N-dealkylation sites (N-methyl/N-ethyl adjacent to an activating group) is 1. The van der Waals surface area contributed by atoms with Gasteiger partial charge in [-0.1, -0.05) is 18.2 Å². The van der Waals surface area contributed by atoms with Crippen LogP contribution in [0.15, 0.2) is 47.9 Å². The Morgan fingerprint density at radius 1 is 1.45 bits per heavy atom. The summed E-state index contributed by atoms with van der Waals surface area (Å²) in [5, 5.41) is 13.2. The zero-order valence-electron chi connectivity index (χ0n) is 12.4. The molecule has 1 amide bonds. The van der Waals surface area contributed by atoms with Crippen molar-refractivity contribution >= 4 is 17.5 Å². The first kappa shape index (κ1) is 16.2. The van der Waals surface area contributed by atoms with E-state index in [4.69, 9.17) is 16.3 Å². The van der Waals surface area contributed by atoms with Crippen LogP contribution in [0.1, 0.15) is 6.42 Å². The van der Waals surface area contributed by atoms with Crippen LogP contribution in [0, 0.1) is 0 Å². The fraction of sp³-hybridized carbons (Fsp3) is 0.312. The van der Waals surface area contributed by atoms with Gasteiger partial charge in [0.1, 0.15) is 11.5 Å². The number of hydrogen-bond acceptors (Lipinski definition) is 4. The first-order valence-electron chi connectivity index (χ1n) is 6.98. The molecule has 1 aromatic rings. The van der Waals surface area contributed by atoms with E-state index >= 15 is 0 Å². The molecule has 1 aliphatic rings. The van der Waals surface area contributed by atoms with Crippen molar-refractivity contribution in [3.8, 4) is 5.75 Å². The average molecular weight is 323 g/mol. The molecule has 1 aliphatic heterocycles. The van der Waals surface area contributed by atoms with E-state index in [1.165, 1.54) is 0 Å². The van der Waals surface area contributed by atoms with E-state index in [1.54, 1.807) is 36.2 Å². The molecule has 0 fully saturated rings. The summed E-state index contributed by atoms with van der Waals surface area (Å²) in [7, 11) is 1.78. The van der Waals surface area contributed by atoms with Crippen LogP contribution < -0.4 is 10.1 Å². The number of rotatable bonds is 6. The molecule has 5 nitrogen and oxygen atoms in total. The summed E-state index contributed by atoms with van der Waals surface area (Å²) in [6.07, 6.45) is 0.666. The Morgan fingerprint density at radius 3 is 2.73 bits per heavy atom. The van der Waals surface area contributed by atoms with Gasteiger partial charge in [-0.05, 0) is 30.7 Å². The Hall–Kier alpha value is -2.14. The normalized spacial score (nSPS) is 14.5. The van der Waals surface area contributed by atoms with Crippen LogP contribution in [0.4, 0.5) is 0 Å². The fourth-order valence-electron chi connectivity index (χ4n) is 2.04. The SMILES string of the molecule is C=C1C(O)=C(C(=O)NCCCOc2ccc(Cl)cc2)CN1C. The molecule has 2 N–H and O–H groups in total. The van der Waals surface area contributed by atoms with Gasteiger partial charge in [0.2, 0.25) is 0 Å². The van der Waals surface area contributed by atoms with Crippen molar-refractivity contribution in [3.63, 3.8) is 0 Å². The minimum atomic E-state index is -0.269. The number of carbonyl (C=O) groups excluding carboxylic acids is 1. The molecule has 2 rings (SSSR count). The van der Waals surface area contributed by atoms with Crippen molar-refractivity contribution < 1.29 is 14.6 Å². The van der Waals surface area contributed by atoms with E-state index in [0.717, 1.165) is 5.75 Å². The van der Waals surface area contributed by atoms with Crippen molar-refractivity contribution in [1.82, 2.24) is 10.2 Å². The monoisotopic (exact) mass is 322 g/mol. The Labute approximate surface area is 134 Å². The van der Waals surface area contributed by atoms with Crippen LogP contribution in [0.5, 0.6) is 5.75 Å². The maximum Gasteiger partial charge on any atom is 0.252 e. The second-order valence-electron chi connectivity index (χ2n) is 5.04. The van der Waals surface area contributed by atoms with Crippen molar-refractivity contribution in [2.75, 3.05) is 26.7 Å². The summed E-state index contributed by atoms with van der Waals surface area (Å²) in [5.41, 5.74) is 0.822. The molecule has 22 heavy (non-hydrogen) atoms. The summed E-state index contributed by atoms with van der Waals surface area (Å²) in [6, 6.07) is 7.11. The second kappa shape index (κ2) is 7.22. The Balaban J connectivity index is 1.70. The predicted octanol–water partition coefficient (Wildman–Crippen LogP) is 2.50. The minimum Gasteiger partial charge on any atom is -0.505 e.